The molecule has 0 aliphatic carbocycles. The highest BCUT2D eigenvalue weighted by Gasteiger charge is 2.36. The first kappa shape index (κ1) is 17.3. The van der Waals surface area contributed by atoms with Crippen LogP contribution in [0, 0.1) is 0 Å². The van der Waals surface area contributed by atoms with Crippen molar-refractivity contribution in [2.24, 2.45) is 0 Å². The molecule has 7 heteroatoms. The monoisotopic (exact) mass is 360 g/mol. The number of carbonyl (C=O) groups excluding carboxylic acids is 1. The molecule has 0 fully saturated rings. The molecule has 1 atom stereocenters. The van der Waals surface area contributed by atoms with Crippen LogP contribution in [0.5, 0.6) is 5.75 Å². The third-order valence-electron chi connectivity index (χ3n) is 4.18. The van der Waals surface area contributed by atoms with Crippen LogP contribution in [0.1, 0.15) is 19.4 Å². The van der Waals surface area contributed by atoms with Crippen LogP contribution in [0.3, 0.4) is 0 Å². The first-order valence-electron chi connectivity index (χ1n) is 7.92. The number of nitrogens with zero attached hydrogens (tertiary/aromatic N) is 1. The molecule has 1 aliphatic heterocycles. The molecule has 0 saturated carbocycles. The standard InChI is InChI=1S/C18H20N2O4S/c1-12-10-14-6-4-5-7-17(14)20(12)25(22,23)15-8-9-18(24-3)16(11-15)19-13(2)21/h4-9,11-12H,10H2,1-3H3,(H,19,21)/t12-/m0/s1. The SMILES string of the molecule is COc1ccc(S(=O)(=O)N2c3ccccc3C[C@@H]2C)cc1NC(C)=O. The Morgan fingerprint density at radius 3 is 2.64 bits per heavy atom. The number of anilines is 2. The quantitative estimate of drug-likeness (QED) is 0.910. The molecular weight excluding hydrogens is 340 g/mol. The highest BCUT2D eigenvalue weighted by molar-refractivity contribution is 7.92. The lowest BCUT2D eigenvalue weighted by Crippen LogP contribution is -2.35. The third kappa shape index (κ3) is 3.07. The molecule has 6 nitrogen and oxygen atoms in total. The van der Waals surface area contributed by atoms with Crippen molar-refractivity contribution in [2.45, 2.75) is 31.2 Å². The van der Waals surface area contributed by atoms with Gasteiger partial charge in [-0.1, -0.05) is 18.2 Å². The van der Waals surface area contributed by atoms with Crippen molar-refractivity contribution in [3.8, 4) is 5.75 Å². The van der Waals surface area contributed by atoms with Crippen LogP contribution in [0.25, 0.3) is 0 Å². The second-order valence-electron chi connectivity index (χ2n) is 6.03. The van der Waals surface area contributed by atoms with E-state index in [2.05, 4.69) is 5.32 Å². The van der Waals surface area contributed by atoms with Gasteiger partial charge < -0.3 is 10.1 Å². The second kappa shape index (κ2) is 6.40. The van der Waals surface area contributed by atoms with Crippen molar-refractivity contribution in [2.75, 3.05) is 16.7 Å². The summed E-state index contributed by atoms with van der Waals surface area (Å²) in [6, 6.07) is 11.8. The summed E-state index contributed by atoms with van der Waals surface area (Å²) in [6.07, 6.45) is 0.671. The summed E-state index contributed by atoms with van der Waals surface area (Å²) in [4.78, 5) is 11.5. The van der Waals surface area contributed by atoms with E-state index in [-0.39, 0.29) is 16.8 Å². The Kier molecular flexibility index (Phi) is 4.43. The van der Waals surface area contributed by atoms with Crippen molar-refractivity contribution < 1.29 is 17.9 Å². The Balaban J connectivity index is 2.08. The van der Waals surface area contributed by atoms with E-state index in [9.17, 15) is 13.2 Å². The summed E-state index contributed by atoms with van der Waals surface area (Å²) in [5.74, 6) is 0.108. The van der Waals surface area contributed by atoms with Crippen LogP contribution < -0.4 is 14.4 Å². The van der Waals surface area contributed by atoms with E-state index in [0.717, 1.165) is 5.56 Å². The molecule has 0 unspecified atom stereocenters. The number of methoxy groups -OCH3 is 1. The number of sulfonamides is 1. The zero-order valence-electron chi connectivity index (χ0n) is 14.3. The summed E-state index contributed by atoms with van der Waals surface area (Å²) in [7, 11) is -2.29. The smallest absolute Gasteiger partial charge is 0.264 e. The van der Waals surface area contributed by atoms with E-state index < -0.39 is 10.0 Å². The average Bonchev–Trinajstić information content (AvgIpc) is 2.90. The summed E-state index contributed by atoms with van der Waals surface area (Å²) in [5.41, 5.74) is 2.04. The highest BCUT2D eigenvalue weighted by Crippen LogP contribution is 2.38. The van der Waals surface area contributed by atoms with Gasteiger partial charge in [-0.05, 0) is 43.2 Å². The van der Waals surface area contributed by atoms with Gasteiger partial charge in [-0.25, -0.2) is 8.42 Å². The number of fused-ring (bicyclic) bond motifs is 1. The van der Waals surface area contributed by atoms with Gasteiger partial charge in [0.25, 0.3) is 10.0 Å². The fourth-order valence-electron chi connectivity index (χ4n) is 3.15. The Morgan fingerprint density at radius 1 is 1.24 bits per heavy atom. The van der Waals surface area contributed by atoms with Crippen LogP contribution in [0.4, 0.5) is 11.4 Å². The van der Waals surface area contributed by atoms with Gasteiger partial charge in [-0.15, -0.1) is 0 Å². The zero-order valence-corrected chi connectivity index (χ0v) is 15.1. The summed E-state index contributed by atoms with van der Waals surface area (Å²) in [6.45, 7) is 3.25. The van der Waals surface area contributed by atoms with Crippen LogP contribution in [0.15, 0.2) is 47.4 Å². The number of rotatable bonds is 4. The molecular formula is C18H20N2O4S. The molecule has 0 spiro atoms. The van der Waals surface area contributed by atoms with E-state index in [4.69, 9.17) is 4.74 Å². The van der Waals surface area contributed by atoms with Crippen LogP contribution in [-0.4, -0.2) is 27.5 Å². The molecule has 2 aromatic carbocycles. The van der Waals surface area contributed by atoms with Crippen molar-refractivity contribution in [1.29, 1.82) is 0 Å². The fraction of sp³-hybridized carbons (Fsp3) is 0.278. The molecule has 25 heavy (non-hydrogen) atoms. The first-order chi connectivity index (χ1) is 11.8. The molecule has 0 aromatic heterocycles. The first-order valence-corrected chi connectivity index (χ1v) is 9.36. The second-order valence-corrected chi connectivity index (χ2v) is 7.84. The van der Waals surface area contributed by atoms with Gasteiger partial charge in [0.15, 0.2) is 0 Å². The Hall–Kier alpha value is -2.54. The van der Waals surface area contributed by atoms with Crippen LogP contribution >= 0.6 is 0 Å². The normalized spacial score (nSPS) is 16.4. The molecule has 1 heterocycles. The maximum absolute atomic E-state index is 13.2. The number of hydrogen-bond donors (Lipinski definition) is 1. The molecule has 1 aliphatic rings. The summed E-state index contributed by atoms with van der Waals surface area (Å²) >= 11 is 0. The number of benzene rings is 2. The van der Waals surface area contributed by atoms with Crippen LogP contribution in [0.2, 0.25) is 0 Å². The maximum atomic E-state index is 13.2. The van der Waals surface area contributed by atoms with Crippen LogP contribution in [-0.2, 0) is 21.2 Å². The van der Waals surface area contributed by atoms with E-state index in [0.29, 0.717) is 23.5 Å². The molecule has 1 N–H and O–H groups in total. The Labute approximate surface area is 147 Å². The molecule has 0 bridgehead atoms. The molecule has 1 amide bonds. The number of amides is 1. The van der Waals surface area contributed by atoms with Gasteiger partial charge in [-0.2, -0.15) is 0 Å². The zero-order chi connectivity index (χ0) is 18.2. The molecule has 132 valence electrons. The van der Waals surface area contributed by atoms with Crippen molar-refractivity contribution in [3.05, 3.63) is 48.0 Å². The topological polar surface area (TPSA) is 75.7 Å². The predicted molar refractivity (Wildman–Crippen MR) is 96.6 cm³/mol. The number of nitrogens with one attached hydrogen (secondary N) is 1. The lowest BCUT2D eigenvalue weighted by atomic mass is 10.1. The van der Waals surface area contributed by atoms with Gasteiger partial charge in [0.2, 0.25) is 5.91 Å². The van der Waals surface area contributed by atoms with E-state index in [1.54, 1.807) is 6.07 Å². The number of carbonyl (C=O) groups is 1. The molecule has 3 rings (SSSR count). The predicted octanol–water partition coefficient (Wildman–Crippen LogP) is 2.79. The molecule has 0 saturated heterocycles. The highest BCUT2D eigenvalue weighted by atomic mass is 32.2. The average molecular weight is 360 g/mol. The van der Waals surface area contributed by atoms with Gasteiger partial charge in [0.05, 0.1) is 23.4 Å². The number of ether oxygens (including phenoxy) is 1. The van der Waals surface area contributed by atoms with Gasteiger partial charge in [-0.3, -0.25) is 9.10 Å². The summed E-state index contributed by atoms with van der Waals surface area (Å²) in [5, 5.41) is 2.61. The van der Waals surface area contributed by atoms with E-state index in [1.165, 1.54) is 30.5 Å². The number of hydrogen-bond acceptors (Lipinski definition) is 4. The minimum absolute atomic E-state index is 0.112. The Morgan fingerprint density at radius 2 is 1.96 bits per heavy atom. The molecule has 0 radical (unpaired) electrons. The van der Waals surface area contributed by atoms with E-state index in [1.807, 2.05) is 31.2 Å². The fourth-order valence-corrected chi connectivity index (χ4v) is 4.87. The van der Waals surface area contributed by atoms with E-state index >= 15 is 0 Å². The molecule has 2 aromatic rings. The minimum atomic E-state index is -3.76. The largest absolute Gasteiger partial charge is 0.495 e. The van der Waals surface area contributed by atoms with Crippen molar-refractivity contribution in [3.63, 3.8) is 0 Å². The van der Waals surface area contributed by atoms with Crippen molar-refractivity contribution >= 4 is 27.3 Å². The Bertz CT molecular complexity index is 924. The lowest BCUT2D eigenvalue weighted by molar-refractivity contribution is -0.114. The van der Waals surface area contributed by atoms with Gasteiger partial charge >= 0.3 is 0 Å². The lowest BCUT2D eigenvalue weighted by Gasteiger charge is -2.25. The number of para-hydroxylation sites is 1. The third-order valence-corrected chi connectivity index (χ3v) is 6.11. The maximum Gasteiger partial charge on any atom is 0.264 e. The van der Waals surface area contributed by atoms with Gasteiger partial charge in [0.1, 0.15) is 5.75 Å². The van der Waals surface area contributed by atoms with Gasteiger partial charge in [0, 0.05) is 13.0 Å². The minimum Gasteiger partial charge on any atom is -0.495 e. The van der Waals surface area contributed by atoms with Crippen molar-refractivity contribution in [1.82, 2.24) is 0 Å². The summed E-state index contributed by atoms with van der Waals surface area (Å²) < 4.78 is 33.1.